The second-order valence-corrected chi connectivity index (χ2v) is 5.28. The van der Waals surface area contributed by atoms with Crippen molar-refractivity contribution in [3.05, 3.63) is 65.5 Å². The second kappa shape index (κ2) is 5.63. The molecule has 0 saturated heterocycles. The van der Waals surface area contributed by atoms with E-state index in [1.165, 1.54) is 17.3 Å². The molecule has 1 aliphatic rings. The molecule has 0 spiro atoms. The fraction of sp³-hybridized carbons (Fsp3) is 0.294. The Hall–Kier alpha value is -1.87. The van der Waals surface area contributed by atoms with Gasteiger partial charge in [-0.3, -0.25) is 0 Å². The Bertz CT molecular complexity index is 597. The summed E-state index contributed by atoms with van der Waals surface area (Å²) in [6.07, 6.45) is 1.85. The van der Waals surface area contributed by atoms with Crippen molar-refractivity contribution in [2.75, 3.05) is 18.0 Å². The summed E-state index contributed by atoms with van der Waals surface area (Å²) in [5.41, 5.74) is 9.43. The lowest BCUT2D eigenvalue weighted by Crippen LogP contribution is -2.25. The summed E-state index contributed by atoms with van der Waals surface area (Å²) in [6, 6.07) is 15.0. The lowest BCUT2D eigenvalue weighted by molar-refractivity contribution is 0.561. The molecule has 0 amide bonds. The quantitative estimate of drug-likeness (QED) is 0.924. The van der Waals surface area contributed by atoms with Crippen LogP contribution in [0.15, 0.2) is 48.5 Å². The number of anilines is 1. The van der Waals surface area contributed by atoms with Crippen LogP contribution in [0.5, 0.6) is 0 Å². The van der Waals surface area contributed by atoms with Gasteiger partial charge in [0.15, 0.2) is 0 Å². The Morgan fingerprint density at radius 1 is 1.10 bits per heavy atom. The first-order valence-corrected chi connectivity index (χ1v) is 7.08. The monoisotopic (exact) mass is 270 g/mol. The van der Waals surface area contributed by atoms with Gasteiger partial charge in [0.25, 0.3) is 0 Å². The zero-order valence-electron chi connectivity index (χ0n) is 11.4. The SMILES string of the molecule is NC(CCN1CCc2ccccc21)c1ccccc1F. The van der Waals surface area contributed by atoms with Crippen molar-refractivity contribution in [2.45, 2.75) is 18.9 Å². The van der Waals surface area contributed by atoms with Gasteiger partial charge in [0.05, 0.1) is 0 Å². The van der Waals surface area contributed by atoms with Crippen molar-refractivity contribution in [1.29, 1.82) is 0 Å². The molecule has 1 unspecified atom stereocenters. The van der Waals surface area contributed by atoms with Crippen molar-refractivity contribution < 1.29 is 4.39 Å². The molecule has 2 N–H and O–H groups in total. The van der Waals surface area contributed by atoms with Gasteiger partial charge in [-0.15, -0.1) is 0 Å². The molecule has 2 aromatic rings. The molecule has 3 rings (SSSR count). The lowest BCUT2D eigenvalue weighted by atomic mass is 10.0. The molecule has 0 saturated carbocycles. The van der Waals surface area contributed by atoms with Crippen molar-refractivity contribution in [2.24, 2.45) is 5.73 Å². The number of benzene rings is 2. The molecule has 1 heterocycles. The van der Waals surface area contributed by atoms with Crippen molar-refractivity contribution in [1.82, 2.24) is 0 Å². The molecule has 0 radical (unpaired) electrons. The first-order chi connectivity index (χ1) is 9.75. The molecule has 1 aliphatic heterocycles. The maximum atomic E-state index is 13.7. The number of nitrogens with two attached hydrogens (primary N) is 1. The minimum atomic E-state index is -0.246. The smallest absolute Gasteiger partial charge is 0.127 e. The van der Waals surface area contributed by atoms with Crippen LogP contribution < -0.4 is 10.6 Å². The molecule has 2 nitrogen and oxygen atoms in total. The van der Waals surface area contributed by atoms with Crippen molar-refractivity contribution >= 4 is 5.69 Å². The summed E-state index contributed by atoms with van der Waals surface area (Å²) in [5.74, 6) is -0.207. The highest BCUT2D eigenvalue weighted by molar-refractivity contribution is 5.57. The average molecular weight is 270 g/mol. The van der Waals surface area contributed by atoms with Gasteiger partial charge >= 0.3 is 0 Å². The predicted octanol–water partition coefficient (Wildman–Crippen LogP) is 3.28. The van der Waals surface area contributed by atoms with Crippen molar-refractivity contribution in [3.8, 4) is 0 Å². The summed E-state index contributed by atoms with van der Waals surface area (Å²) < 4.78 is 13.7. The summed E-state index contributed by atoms with van der Waals surface area (Å²) >= 11 is 0. The van der Waals surface area contributed by atoms with Gasteiger partial charge in [-0.2, -0.15) is 0 Å². The topological polar surface area (TPSA) is 29.3 Å². The molecule has 104 valence electrons. The van der Waals surface area contributed by atoms with Crippen LogP contribution in [0.3, 0.4) is 0 Å². The van der Waals surface area contributed by atoms with Gasteiger partial charge in [0.1, 0.15) is 5.82 Å². The molecule has 20 heavy (non-hydrogen) atoms. The van der Waals surface area contributed by atoms with Gasteiger partial charge in [-0.25, -0.2) is 4.39 Å². The number of fused-ring (bicyclic) bond motifs is 1. The van der Waals surface area contributed by atoms with Crippen LogP contribution in [0.1, 0.15) is 23.6 Å². The Kier molecular flexibility index (Phi) is 3.70. The molecule has 0 fully saturated rings. The van der Waals surface area contributed by atoms with Crippen LogP contribution in [0.4, 0.5) is 10.1 Å². The van der Waals surface area contributed by atoms with Crippen molar-refractivity contribution in [3.63, 3.8) is 0 Å². The summed E-state index contributed by atoms with van der Waals surface area (Å²) in [7, 11) is 0. The van der Waals surface area contributed by atoms with E-state index in [4.69, 9.17) is 5.73 Å². The van der Waals surface area contributed by atoms with E-state index in [1.54, 1.807) is 12.1 Å². The third-order valence-electron chi connectivity index (χ3n) is 4.00. The van der Waals surface area contributed by atoms with E-state index in [1.807, 2.05) is 6.07 Å². The maximum Gasteiger partial charge on any atom is 0.127 e. The molecular weight excluding hydrogens is 251 g/mol. The largest absolute Gasteiger partial charge is 0.371 e. The molecule has 3 heteroatoms. The second-order valence-electron chi connectivity index (χ2n) is 5.28. The van der Waals surface area contributed by atoms with Gasteiger partial charge in [0, 0.05) is 30.4 Å². The lowest BCUT2D eigenvalue weighted by Gasteiger charge is -2.22. The Morgan fingerprint density at radius 2 is 1.85 bits per heavy atom. The number of hydrogen-bond donors (Lipinski definition) is 1. The molecule has 2 aromatic carbocycles. The molecule has 0 aromatic heterocycles. The van der Waals surface area contributed by atoms with E-state index in [0.29, 0.717) is 5.56 Å². The highest BCUT2D eigenvalue weighted by atomic mass is 19.1. The molecule has 0 aliphatic carbocycles. The Balaban J connectivity index is 1.65. The first kappa shape index (κ1) is 13.1. The summed E-state index contributed by atoms with van der Waals surface area (Å²) in [5, 5.41) is 0. The number of hydrogen-bond acceptors (Lipinski definition) is 2. The molecular formula is C17H19FN2. The van der Waals surface area contributed by atoms with Gasteiger partial charge < -0.3 is 10.6 Å². The van der Waals surface area contributed by atoms with E-state index in [2.05, 4.69) is 29.2 Å². The number of rotatable bonds is 4. The van der Waals surface area contributed by atoms with Crippen LogP contribution in [0.25, 0.3) is 0 Å². The number of halogens is 1. The van der Waals surface area contributed by atoms with Gasteiger partial charge in [-0.05, 0) is 30.5 Å². The predicted molar refractivity (Wildman–Crippen MR) is 80.3 cm³/mol. The summed E-state index contributed by atoms with van der Waals surface area (Å²) in [6.45, 7) is 1.90. The third kappa shape index (κ3) is 2.54. The number of nitrogens with zero attached hydrogens (tertiary/aromatic N) is 1. The van der Waals surface area contributed by atoms with E-state index in [0.717, 1.165) is 25.9 Å². The van der Waals surface area contributed by atoms with Crippen LogP contribution in [-0.2, 0) is 6.42 Å². The van der Waals surface area contributed by atoms with Crippen LogP contribution in [0.2, 0.25) is 0 Å². The minimum absolute atomic E-state index is 0.207. The number of para-hydroxylation sites is 1. The van der Waals surface area contributed by atoms with Crippen LogP contribution in [0, 0.1) is 5.82 Å². The first-order valence-electron chi connectivity index (χ1n) is 7.08. The van der Waals surface area contributed by atoms with Gasteiger partial charge in [0.2, 0.25) is 0 Å². The third-order valence-corrected chi connectivity index (χ3v) is 4.00. The normalized spacial score (nSPS) is 15.2. The molecule has 1 atom stereocenters. The maximum absolute atomic E-state index is 13.7. The molecule has 0 bridgehead atoms. The van der Waals surface area contributed by atoms with E-state index < -0.39 is 0 Å². The standard InChI is InChI=1S/C17H19FN2/c18-15-7-3-2-6-14(15)16(19)10-12-20-11-9-13-5-1-4-8-17(13)20/h1-8,16H,9-12,19H2. The highest BCUT2D eigenvalue weighted by Gasteiger charge is 2.19. The minimum Gasteiger partial charge on any atom is -0.371 e. The van der Waals surface area contributed by atoms with E-state index in [-0.39, 0.29) is 11.9 Å². The van der Waals surface area contributed by atoms with Crippen LogP contribution >= 0.6 is 0 Å². The average Bonchev–Trinajstić information content (AvgIpc) is 2.88. The van der Waals surface area contributed by atoms with Gasteiger partial charge in [-0.1, -0.05) is 36.4 Å². The van der Waals surface area contributed by atoms with E-state index >= 15 is 0 Å². The zero-order chi connectivity index (χ0) is 13.9. The fourth-order valence-corrected chi connectivity index (χ4v) is 2.87. The Labute approximate surface area is 119 Å². The van der Waals surface area contributed by atoms with E-state index in [9.17, 15) is 4.39 Å². The van der Waals surface area contributed by atoms with Crippen LogP contribution in [-0.4, -0.2) is 13.1 Å². The fourth-order valence-electron chi connectivity index (χ4n) is 2.87. The Morgan fingerprint density at radius 3 is 2.70 bits per heavy atom. The zero-order valence-corrected chi connectivity index (χ0v) is 11.4. The summed E-state index contributed by atoms with van der Waals surface area (Å²) in [4.78, 5) is 2.34. The highest BCUT2D eigenvalue weighted by Crippen LogP contribution is 2.28.